The van der Waals surface area contributed by atoms with Crippen LogP contribution in [0.4, 0.5) is 5.69 Å². The third-order valence-electron chi connectivity index (χ3n) is 5.36. The van der Waals surface area contributed by atoms with E-state index in [1.807, 2.05) is 30.3 Å². The highest BCUT2D eigenvalue weighted by molar-refractivity contribution is 6.31. The van der Waals surface area contributed by atoms with E-state index < -0.39 is 18.0 Å². The fraction of sp³-hybridized carbons (Fsp3) is 0.160. The number of hydrogen-bond acceptors (Lipinski definition) is 4. The summed E-state index contributed by atoms with van der Waals surface area (Å²) in [4.78, 5) is 37.3. The molecule has 0 aromatic heterocycles. The van der Waals surface area contributed by atoms with Crippen LogP contribution in [0.2, 0.25) is 5.02 Å². The van der Waals surface area contributed by atoms with Gasteiger partial charge in [0.2, 0.25) is 5.91 Å². The van der Waals surface area contributed by atoms with Crippen LogP contribution in [0.1, 0.15) is 43.5 Å². The monoisotopic (exact) mass is 448 g/mol. The van der Waals surface area contributed by atoms with E-state index in [0.717, 1.165) is 16.7 Å². The van der Waals surface area contributed by atoms with Crippen molar-refractivity contribution in [3.8, 4) is 0 Å². The number of amides is 2. The van der Waals surface area contributed by atoms with Gasteiger partial charge in [0.05, 0.1) is 12.1 Å². The van der Waals surface area contributed by atoms with Gasteiger partial charge in [0.15, 0.2) is 0 Å². The summed E-state index contributed by atoms with van der Waals surface area (Å²) >= 11 is 6.07. The lowest BCUT2D eigenvalue weighted by atomic mass is 9.93. The zero-order chi connectivity index (χ0) is 22.7. The lowest BCUT2D eigenvalue weighted by Gasteiger charge is -2.25. The first-order chi connectivity index (χ1) is 15.4. The zero-order valence-corrected chi connectivity index (χ0v) is 18.1. The maximum Gasteiger partial charge on any atom is 0.339 e. The second-order valence-corrected chi connectivity index (χ2v) is 7.93. The Morgan fingerprint density at radius 2 is 1.84 bits per heavy atom. The molecule has 0 fully saturated rings. The van der Waals surface area contributed by atoms with E-state index in [9.17, 15) is 14.4 Å². The van der Waals surface area contributed by atoms with E-state index in [1.54, 1.807) is 43.3 Å². The molecule has 0 aliphatic carbocycles. The maximum absolute atomic E-state index is 12.6. The number of benzene rings is 3. The van der Waals surface area contributed by atoms with Gasteiger partial charge in [-0.1, -0.05) is 48.0 Å². The van der Waals surface area contributed by atoms with Gasteiger partial charge < -0.3 is 15.4 Å². The van der Waals surface area contributed by atoms with Crippen molar-refractivity contribution in [3.05, 3.63) is 99.6 Å². The molecule has 3 aromatic carbocycles. The molecule has 1 atom stereocenters. The van der Waals surface area contributed by atoms with Crippen molar-refractivity contribution >= 4 is 35.1 Å². The van der Waals surface area contributed by atoms with Crippen molar-refractivity contribution in [2.45, 2.75) is 19.4 Å². The number of esters is 1. The first-order valence-corrected chi connectivity index (χ1v) is 10.5. The lowest BCUT2D eigenvalue weighted by Crippen LogP contribution is -2.33. The maximum atomic E-state index is 12.6. The number of hydrogen-bond donors (Lipinski definition) is 2. The third kappa shape index (κ3) is 4.65. The molecule has 6 nitrogen and oxygen atoms in total. The summed E-state index contributed by atoms with van der Waals surface area (Å²) in [5.41, 5.74) is 3.80. The largest absolute Gasteiger partial charge is 0.454 e. The molecule has 2 amide bonds. The molecule has 1 heterocycles. The number of nitrogens with one attached hydrogen (secondary N) is 2. The van der Waals surface area contributed by atoms with Crippen molar-refractivity contribution in [3.63, 3.8) is 0 Å². The first-order valence-electron chi connectivity index (χ1n) is 10.1. The predicted molar refractivity (Wildman–Crippen MR) is 122 cm³/mol. The number of ether oxygens (including phenoxy) is 1. The van der Waals surface area contributed by atoms with Gasteiger partial charge in [0.1, 0.15) is 6.10 Å². The second-order valence-electron chi connectivity index (χ2n) is 7.52. The Balaban J connectivity index is 1.42. The smallest absolute Gasteiger partial charge is 0.339 e. The molecule has 0 bridgehead atoms. The molecule has 1 aliphatic heterocycles. The molecule has 0 saturated carbocycles. The first kappa shape index (κ1) is 21.6. The molecule has 162 valence electrons. The van der Waals surface area contributed by atoms with E-state index in [4.69, 9.17) is 16.3 Å². The van der Waals surface area contributed by atoms with Crippen LogP contribution in [0.15, 0.2) is 66.7 Å². The molecular formula is C25H21ClN2O4. The van der Waals surface area contributed by atoms with Crippen LogP contribution in [0.25, 0.3) is 0 Å². The fourth-order valence-electron chi connectivity index (χ4n) is 3.59. The molecule has 3 aromatic rings. The number of carbonyl (C=O) groups is 3. The Morgan fingerprint density at radius 1 is 1.06 bits per heavy atom. The number of fused-ring (bicyclic) bond motifs is 1. The normalized spacial score (nSPS) is 14.8. The van der Waals surface area contributed by atoms with E-state index in [2.05, 4.69) is 10.6 Å². The highest BCUT2D eigenvalue weighted by Crippen LogP contribution is 2.31. The Hall–Kier alpha value is -3.64. The number of halogens is 1. The van der Waals surface area contributed by atoms with Crippen LogP contribution in [-0.2, 0) is 16.0 Å². The van der Waals surface area contributed by atoms with Gasteiger partial charge in [-0.25, -0.2) is 4.79 Å². The highest BCUT2D eigenvalue weighted by Gasteiger charge is 2.28. The summed E-state index contributed by atoms with van der Waals surface area (Å²) in [6, 6.07) is 19.5. The van der Waals surface area contributed by atoms with Crippen LogP contribution in [0.5, 0.6) is 0 Å². The van der Waals surface area contributed by atoms with Crippen molar-refractivity contribution in [2.75, 3.05) is 11.9 Å². The highest BCUT2D eigenvalue weighted by atomic mass is 35.5. The average Bonchev–Trinajstić information content (AvgIpc) is 2.80. The van der Waals surface area contributed by atoms with Gasteiger partial charge in [-0.3, -0.25) is 9.59 Å². The van der Waals surface area contributed by atoms with Crippen LogP contribution >= 0.6 is 11.6 Å². The molecule has 32 heavy (non-hydrogen) atoms. The van der Waals surface area contributed by atoms with Gasteiger partial charge in [0, 0.05) is 22.7 Å². The van der Waals surface area contributed by atoms with E-state index in [1.165, 1.54) is 0 Å². The van der Waals surface area contributed by atoms with Crippen LogP contribution < -0.4 is 10.6 Å². The summed E-state index contributed by atoms with van der Waals surface area (Å²) in [7, 11) is 0. The minimum absolute atomic E-state index is 0.198. The van der Waals surface area contributed by atoms with Gasteiger partial charge in [-0.2, -0.15) is 0 Å². The molecule has 7 heteroatoms. The molecule has 2 N–H and O–H groups in total. The van der Waals surface area contributed by atoms with Gasteiger partial charge in [-0.15, -0.1) is 0 Å². The minimum Gasteiger partial charge on any atom is -0.454 e. The van der Waals surface area contributed by atoms with Gasteiger partial charge >= 0.3 is 5.97 Å². The Kier molecular flexibility index (Phi) is 6.23. The predicted octanol–water partition coefficient (Wildman–Crippen LogP) is 4.47. The molecule has 0 spiro atoms. The Bertz CT molecular complexity index is 1190. The SMILES string of the molecule is Cc1c(Cl)cccc1NC(=O)CNC(=O)c1ccc2c(c1)C[C@H](c1ccccc1)OC2=O. The summed E-state index contributed by atoms with van der Waals surface area (Å²) in [5.74, 6) is -1.18. The van der Waals surface area contributed by atoms with Crippen LogP contribution in [-0.4, -0.2) is 24.3 Å². The summed E-state index contributed by atoms with van der Waals surface area (Å²) in [5, 5.41) is 5.90. The summed E-state index contributed by atoms with van der Waals surface area (Å²) < 4.78 is 5.55. The van der Waals surface area contributed by atoms with Gasteiger partial charge in [-0.05, 0) is 53.9 Å². The molecular weight excluding hydrogens is 428 g/mol. The van der Waals surface area contributed by atoms with Gasteiger partial charge in [0.25, 0.3) is 5.91 Å². The van der Waals surface area contributed by atoms with Crippen molar-refractivity contribution in [1.82, 2.24) is 5.32 Å². The molecule has 4 rings (SSSR count). The quantitative estimate of drug-likeness (QED) is 0.564. The van der Waals surface area contributed by atoms with E-state index in [-0.39, 0.29) is 12.5 Å². The van der Waals surface area contributed by atoms with Crippen LogP contribution in [0, 0.1) is 6.92 Å². The average molecular weight is 449 g/mol. The molecule has 0 unspecified atom stereocenters. The number of rotatable bonds is 5. The Labute approximate surface area is 190 Å². The van der Waals surface area contributed by atoms with Crippen molar-refractivity contribution < 1.29 is 19.1 Å². The number of anilines is 1. The molecule has 0 radical (unpaired) electrons. The second kappa shape index (κ2) is 9.24. The van der Waals surface area contributed by atoms with Crippen molar-refractivity contribution in [1.29, 1.82) is 0 Å². The lowest BCUT2D eigenvalue weighted by molar-refractivity contribution is -0.115. The van der Waals surface area contributed by atoms with Crippen molar-refractivity contribution in [2.24, 2.45) is 0 Å². The van der Waals surface area contributed by atoms with Crippen LogP contribution in [0.3, 0.4) is 0 Å². The number of cyclic esters (lactones) is 1. The third-order valence-corrected chi connectivity index (χ3v) is 5.77. The fourth-order valence-corrected chi connectivity index (χ4v) is 3.77. The van der Waals surface area contributed by atoms with E-state index >= 15 is 0 Å². The standard InChI is InChI=1S/C25H21ClN2O4/c1-15-20(26)8-5-9-21(15)28-23(29)14-27-24(30)17-10-11-19-18(12-17)13-22(32-25(19)31)16-6-3-2-4-7-16/h2-12,22H,13-14H2,1H3,(H,27,30)(H,28,29)/t22-/m1/s1. The molecule has 1 aliphatic rings. The minimum atomic E-state index is -0.414. The van der Waals surface area contributed by atoms with E-state index in [0.29, 0.717) is 28.3 Å². The topological polar surface area (TPSA) is 84.5 Å². The molecule has 0 saturated heterocycles. The summed E-state index contributed by atoms with van der Waals surface area (Å²) in [6.45, 7) is 1.61. The Morgan fingerprint density at radius 3 is 2.62 bits per heavy atom. The summed E-state index contributed by atoms with van der Waals surface area (Å²) in [6.07, 6.45) is 0.0713. The number of carbonyl (C=O) groups excluding carboxylic acids is 3. The zero-order valence-electron chi connectivity index (χ0n) is 17.4.